The van der Waals surface area contributed by atoms with Crippen molar-refractivity contribution in [1.82, 2.24) is 9.97 Å². The molecular formula is C39H26N2O. The van der Waals surface area contributed by atoms with Gasteiger partial charge in [-0.15, -0.1) is 0 Å². The Labute approximate surface area is 243 Å². The van der Waals surface area contributed by atoms with E-state index in [4.69, 9.17) is 14.4 Å². The fraction of sp³-hybridized carbons (Fsp3) is 0.0769. The predicted octanol–water partition coefficient (Wildman–Crippen LogP) is 10.3. The number of hydrogen-bond donors (Lipinski definition) is 0. The van der Waals surface area contributed by atoms with Crippen molar-refractivity contribution in [3.05, 3.63) is 132 Å². The van der Waals surface area contributed by atoms with Crippen molar-refractivity contribution in [3.8, 4) is 33.8 Å². The zero-order valence-corrected chi connectivity index (χ0v) is 23.3. The molecule has 0 radical (unpaired) electrons. The molecule has 9 rings (SSSR count). The van der Waals surface area contributed by atoms with Crippen LogP contribution in [0.1, 0.15) is 25.0 Å². The van der Waals surface area contributed by atoms with E-state index < -0.39 is 0 Å². The maximum absolute atomic E-state index is 6.42. The summed E-state index contributed by atoms with van der Waals surface area (Å²) in [5, 5.41) is 5.50. The van der Waals surface area contributed by atoms with Crippen LogP contribution in [0.4, 0.5) is 0 Å². The highest BCUT2D eigenvalue weighted by Crippen LogP contribution is 2.49. The zero-order chi connectivity index (χ0) is 28.0. The first kappa shape index (κ1) is 23.4. The third-order valence-electron chi connectivity index (χ3n) is 9.08. The summed E-state index contributed by atoms with van der Waals surface area (Å²) >= 11 is 0. The molecule has 3 nitrogen and oxygen atoms in total. The third kappa shape index (κ3) is 3.16. The van der Waals surface area contributed by atoms with E-state index in [2.05, 4.69) is 129 Å². The molecule has 0 saturated carbocycles. The van der Waals surface area contributed by atoms with Gasteiger partial charge >= 0.3 is 0 Å². The maximum Gasteiger partial charge on any atom is 0.160 e. The summed E-state index contributed by atoms with van der Waals surface area (Å²) < 4.78 is 6.42. The molecule has 1 aliphatic carbocycles. The standard InChI is InChI=1S/C39H26N2O/c1-39(2)30-15-9-8-14-27(30)29-22-25(16-19-31(29)39)38-40-36(24-11-4-3-5-12-24)28-18-21-33-35(37(28)41-38)34-26-13-7-6-10-23(26)17-20-32(34)42-33/h3-22H,1-2H3. The van der Waals surface area contributed by atoms with E-state index in [1.807, 2.05) is 6.07 Å². The van der Waals surface area contributed by atoms with Gasteiger partial charge in [-0.2, -0.15) is 0 Å². The first-order chi connectivity index (χ1) is 20.6. The van der Waals surface area contributed by atoms with Crippen LogP contribution in [0.3, 0.4) is 0 Å². The molecule has 198 valence electrons. The van der Waals surface area contributed by atoms with Crippen molar-refractivity contribution in [2.75, 3.05) is 0 Å². The molecule has 3 heteroatoms. The van der Waals surface area contributed by atoms with Gasteiger partial charge in [0.2, 0.25) is 0 Å². The summed E-state index contributed by atoms with van der Waals surface area (Å²) in [7, 11) is 0. The van der Waals surface area contributed by atoms with Crippen molar-refractivity contribution in [2.24, 2.45) is 0 Å². The van der Waals surface area contributed by atoms with Gasteiger partial charge < -0.3 is 4.42 Å². The molecule has 42 heavy (non-hydrogen) atoms. The van der Waals surface area contributed by atoms with E-state index in [0.717, 1.165) is 49.7 Å². The minimum Gasteiger partial charge on any atom is -0.456 e. The lowest BCUT2D eigenvalue weighted by atomic mass is 9.82. The van der Waals surface area contributed by atoms with Crippen LogP contribution in [0.25, 0.3) is 77.4 Å². The Hall–Kier alpha value is -5.28. The Bertz CT molecular complexity index is 2380. The van der Waals surface area contributed by atoms with Gasteiger partial charge in [-0.3, -0.25) is 0 Å². The Morgan fingerprint density at radius 3 is 2.19 bits per heavy atom. The van der Waals surface area contributed by atoms with Crippen LogP contribution in [-0.4, -0.2) is 9.97 Å². The van der Waals surface area contributed by atoms with Crippen LogP contribution in [-0.2, 0) is 5.41 Å². The predicted molar refractivity (Wildman–Crippen MR) is 173 cm³/mol. The van der Waals surface area contributed by atoms with Crippen LogP contribution < -0.4 is 0 Å². The molecular weight excluding hydrogens is 512 g/mol. The number of aromatic nitrogens is 2. The topological polar surface area (TPSA) is 38.9 Å². The summed E-state index contributed by atoms with van der Waals surface area (Å²) in [6.45, 7) is 4.62. The molecule has 0 unspecified atom stereocenters. The number of nitrogens with zero attached hydrogens (tertiary/aromatic N) is 2. The van der Waals surface area contributed by atoms with Crippen LogP contribution in [0.15, 0.2) is 126 Å². The van der Waals surface area contributed by atoms with Gasteiger partial charge in [0.25, 0.3) is 0 Å². The van der Waals surface area contributed by atoms with E-state index in [9.17, 15) is 0 Å². The highest BCUT2D eigenvalue weighted by Gasteiger charge is 2.35. The van der Waals surface area contributed by atoms with Crippen molar-refractivity contribution in [3.63, 3.8) is 0 Å². The van der Waals surface area contributed by atoms with E-state index in [-0.39, 0.29) is 5.41 Å². The lowest BCUT2D eigenvalue weighted by Crippen LogP contribution is -2.14. The lowest BCUT2D eigenvalue weighted by Gasteiger charge is -2.21. The molecule has 0 spiro atoms. The fourth-order valence-electron chi connectivity index (χ4n) is 7.02. The van der Waals surface area contributed by atoms with Crippen LogP contribution in [0, 0.1) is 0 Å². The SMILES string of the molecule is CC1(C)c2ccccc2-c2cc(-c3nc(-c4ccccc4)c4ccc5oc6ccc7ccccc7c6c5c4n3)ccc21. The third-order valence-corrected chi connectivity index (χ3v) is 9.08. The number of hydrogen-bond acceptors (Lipinski definition) is 3. The van der Waals surface area contributed by atoms with Crippen molar-refractivity contribution in [2.45, 2.75) is 19.3 Å². The van der Waals surface area contributed by atoms with Gasteiger partial charge in [-0.25, -0.2) is 9.97 Å². The normalized spacial score (nSPS) is 13.7. The summed E-state index contributed by atoms with van der Waals surface area (Å²) in [6.07, 6.45) is 0. The molecule has 1 aliphatic rings. The van der Waals surface area contributed by atoms with Gasteiger partial charge in [-0.05, 0) is 57.3 Å². The molecule has 0 saturated heterocycles. The van der Waals surface area contributed by atoms with Gasteiger partial charge in [0.15, 0.2) is 5.82 Å². The molecule has 0 aliphatic heterocycles. The fourth-order valence-corrected chi connectivity index (χ4v) is 7.02. The van der Waals surface area contributed by atoms with E-state index in [1.165, 1.54) is 33.0 Å². The second-order valence-electron chi connectivity index (χ2n) is 11.8. The molecule has 0 atom stereocenters. The molecule has 0 bridgehead atoms. The monoisotopic (exact) mass is 538 g/mol. The number of fused-ring (bicyclic) bond motifs is 10. The molecule has 6 aromatic carbocycles. The first-order valence-electron chi connectivity index (χ1n) is 14.4. The average Bonchev–Trinajstić information content (AvgIpc) is 3.54. The summed E-state index contributed by atoms with van der Waals surface area (Å²) in [6, 6.07) is 42.8. The zero-order valence-electron chi connectivity index (χ0n) is 23.3. The molecule has 0 amide bonds. The largest absolute Gasteiger partial charge is 0.456 e. The molecule has 0 N–H and O–H groups in total. The van der Waals surface area contributed by atoms with Gasteiger partial charge in [0.05, 0.1) is 16.6 Å². The summed E-state index contributed by atoms with van der Waals surface area (Å²) in [5.74, 6) is 0.716. The second-order valence-corrected chi connectivity index (χ2v) is 11.8. The van der Waals surface area contributed by atoms with E-state index >= 15 is 0 Å². The highest BCUT2D eigenvalue weighted by molar-refractivity contribution is 6.26. The first-order valence-corrected chi connectivity index (χ1v) is 14.4. The molecule has 0 fully saturated rings. The van der Waals surface area contributed by atoms with Crippen molar-refractivity contribution in [1.29, 1.82) is 0 Å². The van der Waals surface area contributed by atoms with Crippen molar-refractivity contribution >= 4 is 43.6 Å². The smallest absolute Gasteiger partial charge is 0.160 e. The number of rotatable bonds is 2. The number of furan rings is 1. The van der Waals surface area contributed by atoms with Crippen LogP contribution >= 0.6 is 0 Å². The van der Waals surface area contributed by atoms with E-state index in [0.29, 0.717) is 5.82 Å². The average molecular weight is 539 g/mol. The Balaban J connectivity index is 1.39. The Morgan fingerprint density at radius 2 is 1.29 bits per heavy atom. The lowest BCUT2D eigenvalue weighted by molar-refractivity contribution is 0.660. The van der Waals surface area contributed by atoms with Crippen LogP contribution in [0.5, 0.6) is 0 Å². The van der Waals surface area contributed by atoms with Gasteiger partial charge in [0, 0.05) is 27.3 Å². The van der Waals surface area contributed by atoms with E-state index in [1.54, 1.807) is 0 Å². The summed E-state index contributed by atoms with van der Waals surface area (Å²) in [4.78, 5) is 10.6. The van der Waals surface area contributed by atoms with Gasteiger partial charge in [-0.1, -0.05) is 111 Å². The molecule has 2 aromatic heterocycles. The Kier molecular flexibility index (Phi) is 4.67. The minimum atomic E-state index is -0.0488. The molecule has 8 aromatic rings. The van der Waals surface area contributed by atoms with Gasteiger partial charge in [0.1, 0.15) is 11.2 Å². The maximum atomic E-state index is 6.42. The molecule has 2 heterocycles. The Morgan fingerprint density at radius 1 is 0.548 bits per heavy atom. The minimum absolute atomic E-state index is 0.0488. The second kappa shape index (κ2) is 8.37. The number of benzene rings is 6. The van der Waals surface area contributed by atoms with Crippen LogP contribution in [0.2, 0.25) is 0 Å². The highest BCUT2D eigenvalue weighted by atomic mass is 16.3. The summed E-state index contributed by atoms with van der Waals surface area (Å²) in [5.41, 5.74) is 10.8. The van der Waals surface area contributed by atoms with Crippen molar-refractivity contribution < 1.29 is 4.42 Å². The quantitative estimate of drug-likeness (QED) is 0.220.